The van der Waals surface area contributed by atoms with Crippen LogP contribution in [0.15, 0.2) is 0 Å². The van der Waals surface area contributed by atoms with Gasteiger partial charge < -0.3 is 28.7 Å². The quantitative estimate of drug-likeness (QED) is 0.0625. The Hall–Kier alpha value is -0.240. The summed E-state index contributed by atoms with van der Waals surface area (Å²) in [7, 11) is 8.53. The summed E-state index contributed by atoms with van der Waals surface area (Å²) in [5.74, 6) is 0. The van der Waals surface area contributed by atoms with Crippen molar-refractivity contribution in [1.82, 2.24) is 9.80 Å². The topological polar surface area (TPSA) is 43.4 Å². The Labute approximate surface area is 283 Å². The molecule has 0 aliphatic heterocycles. The summed E-state index contributed by atoms with van der Waals surface area (Å²) in [6.45, 7) is 13.2. The molecule has 0 radical (unpaired) electrons. The Morgan fingerprint density at radius 3 is 1.07 bits per heavy atom. The Morgan fingerprint density at radius 2 is 0.667 bits per heavy atom. The van der Waals surface area contributed by atoms with Gasteiger partial charge in [0.1, 0.15) is 0 Å². The van der Waals surface area contributed by atoms with Crippen molar-refractivity contribution in [1.29, 1.82) is 0 Å². The van der Waals surface area contributed by atoms with Gasteiger partial charge in [-0.05, 0) is 79.8 Å². The van der Waals surface area contributed by atoms with E-state index in [4.69, 9.17) is 18.9 Å². The minimum absolute atomic E-state index is 0.0592. The van der Waals surface area contributed by atoms with Crippen molar-refractivity contribution in [2.75, 3.05) is 94.1 Å². The molecule has 0 saturated carbocycles. The summed E-state index contributed by atoms with van der Waals surface area (Å²) in [5, 5.41) is 0. The fourth-order valence-electron chi connectivity index (χ4n) is 5.83. The van der Waals surface area contributed by atoms with Crippen LogP contribution in [0.1, 0.15) is 155 Å². The van der Waals surface area contributed by atoms with E-state index in [0.717, 1.165) is 85.2 Å². The first-order chi connectivity index (χ1) is 22.0. The second-order valence-corrected chi connectivity index (χ2v) is 14.3. The van der Waals surface area contributed by atoms with Gasteiger partial charge in [0.15, 0.2) is 0 Å². The highest BCUT2D eigenvalue weighted by molar-refractivity contribution is 4.80. The molecule has 0 fully saturated rings. The zero-order valence-corrected chi connectivity index (χ0v) is 31.7. The van der Waals surface area contributed by atoms with Crippen molar-refractivity contribution in [2.45, 2.75) is 155 Å². The van der Waals surface area contributed by atoms with E-state index >= 15 is 0 Å². The lowest BCUT2D eigenvalue weighted by Crippen LogP contribution is -2.38. The fourth-order valence-corrected chi connectivity index (χ4v) is 5.83. The van der Waals surface area contributed by atoms with Crippen molar-refractivity contribution in [3.63, 3.8) is 0 Å². The van der Waals surface area contributed by atoms with Crippen LogP contribution in [-0.4, -0.2) is 104 Å². The van der Waals surface area contributed by atoms with Gasteiger partial charge in [-0.1, -0.05) is 117 Å². The van der Waals surface area contributed by atoms with Gasteiger partial charge in [-0.25, -0.2) is 0 Å². The van der Waals surface area contributed by atoms with Gasteiger partial charge in [-0.3, -0.25) is 0 Å². The van der Waals surface area contributed by atoms with E-state index < -0.39 is 0 Å². The molecule has 6 nitrogen and oxygen atoms in total. The summed E-state index contributed by atoms with van der Waals surface area (Å²) in [5.41, 5.74) is -0.0592. The number of hydrogen-bond donors (Lipinski definition) is 0. The van der Waals surface area contributed by atoms with Crippen LogP contribution in [0.25, 0.3) is 0 Å². The molecule has 0 aromatic heterocycles. The van der Waals surface area contributed by atoms with Crippen LogP contribution < -0.4 is 0 Å². The molecule has 6 heteroatoms. The van der Waals surface area contributed by atoms with Crippen LogP contribution in [0, 0.1) is 5.41 Å². The average Bonchev–Trinajstić information content (AvgIpc) is 3.01. The van der Waals surface area contributed by atoms with Crippen LogP contribution in [-0.2, 0) is 18.9 Å². The Morgan fingerprint density at radius 1 is 0.356 bits per heavy atom. The molecular formula is C39H82N2O4. The van der Waals surface area contributed by atoms with Crippen molar-refractivity contribution in [2.24, 2.45) is 5.41 Å². The van der Waals surface area contributed by atoms with Crippen molar-refractivity contribution in [3.05, 3.63) is 0 Å². The predicted octanol–water partition coefficient (Wildman–Crippen LogP) is 9.78. The van der Waals surface area contributed by atoms with Gasteiger partial charge in [0.25, 0.3) is 0 Å². The third-order valence-corrected chi connectivity index (χ3v) is 8.79. The summed E-state index contributed by atoms with van der Waals surface area (Å²) < 4.78 is 25.0. The van der Waals surface area contributed by atoms with Gasteiger partial charge in [-0.15, -0.1) is 0 Å². The highest BCUT2D eigenvalue weighted by Gasteiger charge is 2.31. The Bertz CT molecular complexity index is 513. The minimum Gasteiger partial charge on any atom is -0.381 e. The zero-order chi connectivity index (χ0) is 33.1. The van der Waals surface area contributed by atoms with Gasteiger partial charge in [0.2, 0.25) is 0 Å². The van der Waals surface area contributed by atoms with Gasteiger partial charge in [-0.2, -0.15) is 0 Å². The largest absolute Gasteiger partial charge is 0.381 e. The zero-order valence-electron chi connectivity index (χ0n) is 31.7. The van der Waals surface area contributed by atoms with Gasteiger partial charge in [0.05, 0.1) is 19.8 Å². The maximum absolute atomic E-state index is 6.43. The molecule has 0 heterocycles. The number of ether oxygens (including phenoxy) is 4. The van der Waals surface area contributed by atoms with Crippen LogP contribution in [0.5, 0.6) is 0 Å². The normalized spacial score (nSPS) is 12.3. The first kappa shape index (κ1) is 44.8. The lowest BCUT2D eigenvalue weighted by Gasteiger charge is -2.33. The Balaban J connectivity index is 4.68. The third-order valence-electron chi connectivity index (χ3n) is 8.79. The molecule has 0 spiro atoms. The molecule has 45 heavy (non-hydrogen) atoms. The van der Waals surface area contributed by atoms with E-state index in [0.29, 0.717) is 0 Å². The second kappa shape index (κ2) is 35.1. The predicted molar refractivity (Wildman–Crippen MR) is 196 cm³/mol. The fraction of sp³-hybridized carbons (Fsp3) is 1.00. The van der Waals surface area contributed by atoms with Crippen LogP contribution in [0.2, 0.25) is 0 Å². The maximum Gasteiger partial charge on any atom is 0.0566 e. The standard InChI is InChI=1S/C39H82N2O4/c1-7-9-11-13-14-15-16-17-20-25-33-43-36-39(37-44-34-26-29-40(3)4,38-45-35-27-30-41(5)6)28-22-19-18-21-24-32-42-31-23-12-10-8-2/h7-38H2,1-6H3. The molecule has 272 valence electrons. The van der Waals surface area contributed by atoms with Gasteiger partial charge in [0, 0.05) is 38.4 Å². The second-order valence-electron chi connectivity index (χ2n) is 14.3. The van der Waals surface area contributed by atoms with Crippen LogP contribution in [0.3, 0.4) is 0 Å². The van der Waals surface area contributed by atoms with E-state index in [1.165, 1.54) is 122 Å². The molecule has 0 atom stereocenters. The monoisotopic (exact) mass is 643 g/mol. The lowest BCUT2D eigenvalue weighted by molar-refractivity contribution is -0.0763. The summed E-state index contributed by atoms with van der Waals surface area (Å²) in [4.78, 5) is 4.47. The van der Waals surface area contributed by atoms with E-state index in [9.17, 15) is 0 Å². The summed E-state index contributed by atoms with van der Waals surface area (Å²) >= 11 is 0. The minimum atomic E-state index is -0.0592. The van der Waals surface area contributed by atoms with E-state index in [1.807, 2.05) is 0 Å². The number of hydrogen-bond acceptors (Lipinski definition) is 6. The van der Waals surface area contributed by atoms with Crippen molar-refractivity contribution < 1.29 is 18.9 Å². The van der Waals surface area contributed by atoms with E-state index in [-0.39, 0.29) is 5.41 Å². The van der Waals surface area contributed by atoms with Crippen LogP contribution >= 0.6 is 0 Å². The molecule has 0 saturated heterocycles. The van der Waals surface area contributed by atoms with E-state index in [2.05, 4.69) is 51.8 Å². The number of nitrogens with zero attached hydrogens (tertiary/aromatic N) is 2. The van der Waals surface area contributed by atoms with Crippen molar-refractivity contribution >= 4 is 0 Å². The SMILES string of the molecule is CCCCCCCCCCCCOCC(CCCCCCCOCCCCCC)(COCCCN(C)C)COCCCN(C)C. The highest BCUT2D eigenvalue weighted by atomic mass is 16.5. The molecule has 0 aliphatic carbocycles. The van der Waals surface area contributed by atoms with Crippen molar-refractivity contribution in [3.8, 4) is 0 Å². The van der Waals surface area contributed by atoms with Gasteiger partial charge >= 0.3 is 0 Å². The van der Waals surface area contributed by atoms with E-state index in [1.54, 1.807) is 0 Å². The maximum atomic E-state index is 6.43. The first-order valence-electron chi connectivity index (χ1n) is 19.6. The lowest BCUT2D eigenvalue weighted by atomic mass is 9.84. The summed E-state index contributed by atoms with van der Waals surface area (Å²) in [6.07, 6.45) is 28.1. The molecule has 0 bridgehead atoms. The molecule has 0 aromatic carbocycles. The molecule has 0 amide bonds. The molecule has 0 unspecified atom stereocenters. The third kappa shape index (κ3) is 33.5. The number of unbranched alkanes of at least 4 members (excludes halogenated alkanes) is 16. The first-order valence-corrected chi connectivity index (χ1v) is 19.6. The molecule has 0 rings (SSSR count). The molecule has 0 aliphatic rings. The average molecular weight is 643 g/mol. The summed E-state index contributed by atoms with van der Waals surface area (Å²) in [6, 6.07) is 0. The molecule has 0 N–H and O–H groups in total. The van der Waals surface area contributed by atoms with Crippen LogP contribution in [0.4, 0.5) is 0 Å². The highest BCUT2D eigenvalue weighted by Crippen LogP contribution is 2.28. The smallest absolute Gasteiger partial charge is 0.0566 e. The molecular weight excluding hydrogens is 560 g/mol. The molecule has 0 aromatic rings. The number of rotatable bonds is 38. The Kier molecular flexibility index (Phi) is 34.9.